The molecule has 0 aliphatic carbocycles. The van der Waals surface area contributed by atoms with E-state index < -0.39 is 6.10 Å². The Morgan fingerprint density at radius 3 is 2.58 bits per heavy atom. The van der Waals surface area contributed by atoms with Crippen LogP contribution in [0.2, 0.25) is 5.02 Å². The molecular weight excluding hydrogens is 322 g/mol. The molecule has 1 aliphatic heterocycles. The summed E-state index contributed by atoms with van der Waals surface area (Å²) in [6.07, 6.45) is 1.50. The van der Waals surface area contributed by atoms with Crippen LogP contribution >= 0.6 is 11.6 Å². The fourth-order valence-electron chi connectivity index (χ4n) is 3.23. The molecule has 4 heteroatoms. The summed E-state index contributed by atoms with van der Waals surface area (Å²) in [5, 5.41) is 14.6. The van der Waals surface area contributed by atoms with E-state index in [1.807, 2.05) is 30.3 Å². The largest absolute Gasteiger partial charge is 0.387 e. The second-order valence-corrected chi connectivity index (χ2v) is 6.78. The van der Waals surface area contributed by atoms with E-state index in [1.165, 1.54) is 5.56 Å². The molecule has 24 heavy (non-hydrogen) atoms. The molecule has 0 radical (unpaired) electrons. The fourth-order valence-corrected chi connectivity index (χ4v) is 3.50. The van der Waals surface area contributed by atoms with E-state index in [1.54, 1.807) is 0 Å². The lowest BCUT2D eigenvalue weighted by atomic mass is 9.94. The maximum absolute atomic E-state index is 10.5. The summed E-state index contributed by atoms with van der Waals surface area (Å²) in [5.41, 5.74) is 2.01. The predicted molar refractivity (Wildman–Crippen MR) is 97.1 cm³/mol. The van der Waals surface area contributed by atoms with Gasteiger partial charge in [0.15, 0.2) is 0 Å². The molecule has 0 aromatic heterocycles. The highest BCUT2D eigenvalue weighted by molar-refractivity contribution is 6.31. The van der Waals surface area contributed by atoms with Gasteiger partial charge in [0.25, 0.3) is 0 Å². The summed E-state index contributed by atoms with van der Waals surface area (Å²) in [5.74, 6) is 0.570. The summed E-state index contributed by atoms with van der Waals surface area (Å²) in [7, 11) is 0. The summed E-state index contributed by atoms with van der Waals surface area (Å²) < 4.78 is 5.51. The molecule has 0 spiro atoms. The van der Waals surface area contributed by atoms with Crippen LogP contribution in [0.25, 0.3) is 0 Å². The molecule has 2 N–H and O–H groups in total. The normalized spacial score (nSPS) is 20.0. The van der Waals surface area contributed by atoms with E-state index >= 15 is 0 Å². The van der Waals surface area contributed by atoms with E-state index in [-0.39, 0.29) is 6.04 Å². The lowest BCUT2D eigenvalue weighted by Gasteiger charge is -2.24. The molecule has 3 nitrogen and oxygen atoms in total. The molecule has 3 unspecified atom stereocenters. The van der Waals surface area contributed by atoms with Gasteiger partial charge in [-0.05, 0) is 30.4 Å². The minimum absolute atomic E-state index is 0.204. The van der Waals surface area contributed by atoms with Gasteiger partial charge >= 0.3 is 0 Å². The number of aliphatic hydroxyl groups is 1. The molecule has 3 rings (SSSR count). The third kappa shape index (κ3) is 4.58. The summed E-state index contributed by atoms with van der Waals surface area (Å²) in [4.78, 5) is 0. The van der Waals surface area contributed by atoms with Gasteiger partial charge in [0.1, 0.15) is 0 Å². The van der Waals surface area contributed by atoms with Crippen molar-refractivity contribution in [2.24, 2.45) is 5.92 Å². The van der Waals surface area contributed by atoms with Gasteiger partial charge in [0.2, 0.25) is 0 Å². The number of nitrogens with one attached hydrogen (secondary N) is 1. The highest BCUT2D eigenvalue weighted by Gasteiger charge is 2.22. The summed E-state index contributed by atoms with van der Waals surface area (Å²) in [6, 6.07) is 18.1. The number of halogens is 1. The second-order valence-electron chi connectivity index (χ2n) is 6.37. The van der Waals surface area contributed by atoms with Crippen LogP contribution in [0.15, 0.2) is 54.6 Å². The SMILES string of the molecule is OC(CNC(CC1CCOC1)c1ccccc1)c1ccccc1Cl. The van der Waals surface area contributed by atoms with Crippen molar-refractivity contribution in [3.63, 3.8) is 0 Å². The number of aliphatic hydroxyl groups excluding tert-OH is 1. The Morgan fingerprint density at radius 1 is 1.12 bits per heavy atom. The van der Waals surface area contributed by atoms with Crippen molar-refractivity contribution in [2.75, 3.05) is 19.8 Å². The zero-order chi connectivity index (χ0) is 16.8. The van der Waals surface area contributed by atoms with Gasteiger partial charge in [-0.3, -0.25) is 0 Å². The van der Waals surface area contributed by atoms with E-state index in [4.69, 9.17) is 16.3 Å². The molecule has 2 aromatic rings. The Hall–Kier alpha value is -1.39. The zero-order valence-electron chi connectivity index (χ0n) is 13.7. The molecule has 0 bridgehead atoms. The first-order chi connectivity index (χ1) is 11.7. The van der Waals surface area contributed by atoms with E-state index in [0.29, 0.717) is 17.5 Å². The predicted octanol–water partition coefficient (Wildman–Crippen LogP) is 4.13. The topological polar surface area (TPSA) is 41.5 Å². The molecule has 2 aromatic carbocycles. The van der Waals surface area contributed by atoms with Crippen molar-refractivity contribution in [1.29, 1.82) is 0 Å². The summed E-state index contributed by atoms with van der Waals surface area (Å²) in [6.45, 7) is 2.16. The molecule has 3 atom stereocenters. The van der Waals surface area contributed by atoms with Crippen molar-refractivity contribution in [3.05, 3.63) is 70.7 Å². The Bertz CT molecular complexity index is 629. The zero-order valence-corrected chi connectivity index (χ0v) is 14.5. The summed E-state index contributed by atoms with van der Waals surface area (Å²) >= 11 is 6.18. The van der Waals surface area contributed by atoms with Crippen LogP contribution in [-0.2, 0) is 4.74 Å². The first-order valence-corrected chi connectivity index (χ1v) is 8.90. The first-order valence-electron chi connectivity index (χ1n) is 8.52. The van der Waals surface area contributed by atoms with Crippen LogP contribution in [0.1, 0.15) is 36.1 Å². The average Bonchev–Trinajstić information content (AvgIpc) is 3.12. The number of hydrogen-bond donors (Lipinski definition) is 2. The highest BCUT2D eigenvalue weighted by atomic mass is 35.5. The van der Waals surface area contributed by atoms with Gasteiger partial charge in [-0.15, -0.1) is 0 Å². The maximum atomic E-state index is 10.5. The van der Waals surface area contributed by atoms with Crippen LogP contribution < -0.4 is 5.32 Å². The quantitative estimate of drug-likeness (QED) is 0.792. The minimum atomic E-state index is -0.621. The van der Waals surface area contributed by atoms with Crippen LogP contribution in [0.4, 0.5) is 0 Å². The number of ether oxygens (including phenoxy) is 1. The maximum Gasteiger partial charge on any atom is 0.0928 e. The van der Waals surface area contributed by atoms with E-state index in [2.05, 4.69) is 29.6 Å². The van der Waals surface area contributed by atoms with E-state index in [0.717, 1.165) is 31.6 Å². The van der Waals surface area contributed by atoms with Gasteiger partial charge in [-0.2, -0.15) is 0 Å². The van der Waals surface area contributed by atoms with Crippen molar-refractivity contribution < 1.29 is 9.84 Å². The standard InChI is InChI=1S/C20H24ClNO2/c21-18-9-5-4-8-17(18)20(23)13-22-19(12-15-10-11-24-14-15)16-6-2-1-3-7-16/h1-9,15,19-20,22-23H,10-14H2. The molecule has 1 saturated heterocycles. The smallest absolute Gasteiger partial charge is 0.0928 e. The average molecular weight is 346 g/mol. The van der Waals surface area contributed by atoms with Gasteiger partial charge < -0.3 is 15.2 Å². The van der Waals surface area contributed by atoms with Crippen molar-refractivity contribution in [2.45, 2.75) is 25.0 Å². The van der Waals surface area contributed by atoms with Crippen molar-refractivity contribution in [3.8, 4) is 0 Å². The Kier molecular flexibility index (Phi) is 6.27. The van der Waals surface area contributed by atoms with Crippen LogP contribution in [0, 0.1) is 5.92 Å². The molecule has 1 fully saturated rings. The van der Waals surface area contributed by atoms with Gasteiger partial charge in [0.05, 0.1) is 6.10 Å². The molecule has 128 valence electrons. The third-order valence-corrected chi connectivity index (χ3v) is 4.96. The second kappa shape index (κ2) is 8.63. The Balaban J connectivity index is 1.66. The van der Waals surface area contributed by atoms with Gasteiger partial charge in [0, 0.05) is 36.4 Å². The van der Waals surface area contributed by atoms with Gasteiger partial charge in [-0.25, -0.2) is 0 Å². The molecule has 1 heterocycles. The molecule has 0 amide bonds. The lowest BCUT2D eigenvalue weighted by Crippen LogP contribution is -2.28. The number of hydrogen-bond acceptors (Lipinski definition) is 3. The fraction of sp³-hybridized carbons (Fsp3) is 0.400. The van der Waals surface area contributed by atoms with Crippen LogP contribution in [0.3, 0.4) is 0 Å². The molecule has 0 saturated carbocycles. The number of rotatable bonds is 7. The Labute approximate surface area is 148 Å². The lowest BCUT2D eigenvalue weighted by molar-refractivity contribution is 0.163. The highest BCUT2D eigenvalue weighted by Crippen LogP contribution is 2.28. The van der Waals surface area contributed by atoms with Crippen molar-refractivity contribution >= 4 is 11.6 Å². The van der Waals surface area contributed by atoms with Gasteiger partial charge in [-0.1, -0.05) is 60.1 Å². The van der Waals surface area contributed by atoms with Crippen LogP contribution in [-0.4, -0.2) is 24.9 Å². The molecule has 1 aliphatic rings. The van der Waals surface area contributed by atoms with Crippen molar-refractivity contribution in [1.82, 2.24) is 5.32 Å². The van der Waals surface area contributed by atoms with Crippen LogP contribution in [0.5, 0.6) is 0 Å². The monoisotopic (exact) mass is 345 g/mol. The number of benzene rings is 2. The third-order valence-electron chi connectivity index (χ3n) is 4.62. The Morgan fingerprint density at radius 2 is 1.88 bits per heavy atom. The minimum Gasteiger partial charge on any atom is -0.387 e. The first kappa shape index (κ1) is 17.4. The molecular formula is C20H24ClNO2. The van der Waals surface area contributed by atoms with E-state index in [9.17, 15) is 5.11 Å².